The molecule has 0 unspecified atom stereocenters. The van der Waals surface area contributed by atoms with Crippen LogP contribution in [0.3, 0.4) is 0 Å². The number of hydrogen-bond acceptors (Lipinski definition) is 5. The minimum Gasteiger partial charge on any atom is -0.457 e. The van der Waals surface area contributed by atoms with E-state index in [-0.39, 0.29) is 17.1 Å². The third-order valence-corrected chi connectivity index (χ3v) is 6.08. The Balaban J connectivity index is 1.76. The highest BCUT2D eigenvalue weighted by molar-refractivity contribution is 7.91. The van der Waals surface area contributed by atoms with Gasteiger partial charge in [-0.25, -0.2) is 8.42 Å². The molecule has 1 aliphatic rings. The van der Waals surface area contributed by atoms with Gasteiger partial charge in [0.1, 0.15) is 23.2 Å². The number of amides is 1. The number of carbonyl (C=O) groups is 1. The van der Waals surface area contributed by atoms with Crippen molar-refractivity contribution in [2.45, 2.75) is 12.5 Å². The summed E-state index contributed by atoms with van der Waals surface area (Å²) in [5.74, 6) is 0.162. The lowest BCUT2D eigenvalue weighted by molar-refractivity contribution is -0.117. The maximum Gasteiger partial charge on any atom is 0.262 e. The van der Waals surface area contributed by atoms with Crippen molar-refractivity contribution in [2.24, 2.45) is 0 Å². The number of sulfone groups is 1. The lowest BCUT2D eigenvalue weighted by atomic mass is 10.2. The molecule has 134 valence electrons. The molecule has 1 amide bonds. The lowest BCUT2D eigenvalue weighted by Gasteiger charge is -2.09. The number of hydrogen-bond donors (Lipinski definition) is 1. The highest BCUT2D eigenvalue weighted by Gasteiger charge is 2.29. The molecule has 0 spiro atoms. The van der Waals surface area contributed by atoms with Crippen LogP contribution < -0.4 is 5.32 Å². The SMILES string of the molecule is N#C/C(=C\c1ccc(-c2ccccc2Cl)o1)C(=O)N[C@@H]1CCS(=O)(=O)C1. The van der Waals surface area contributed by atoms with Crippen LogP contribution in [0.25, 0.3) is 17.4 Å². The summed E-state index contributed by atoms with van der Waals surface area (Å²) in [6.07, 6.45) is 1.67. The Morgan fingerprint density at radius 3 is 2.73 bits per heavy atom. The molecule has 26 heavy (non-hydrogen) atoms. The summed E-state index contributed by atoms with van der Waals surface area (Å²) >= 11 is 6.13. The normalized spacial score (nSPS) is 19.1. The molecule has 2 heterocycles. The van der Waals surface area contributed by atoms with Gasteiger partial charge in [-0.05, 0) is 30.7 Å². The van der Waals surface area contributed by atoms with E-state index < -0.39 is 21.8 Å². The summed E-state index contributed by atoms with van der Waals surface area (Å²) in [7, 11) is -3.11. The molecule has 2 aromatic rings. The fourth-order valence-corrected chi connectivity index (χ4v) is 4.60. The minimum absolute atomic E-state index is 0.0446. The second-order valence-corrected chi connectivity index (χ2v) is 8.56. The van der Waals surface area contributed by atoms with Gasteiger partial charge < -0.3 is 9.73 Å². The molecule has 0 aliphatic carbocycles. The summed E-state index contributed by atoms with van der Waals surface area (Å²) in [6, 6.07) is 11.8. The number of furan rings is 1. The second-order valence-electron chi connectivity index (χ2n) is 5.93. The van der Waals surface area contributed by atoms with Crippen LogP contribution >= 0.6 is 11.6 Å². The quantitative estimate of drug-likeness (QED) is 0.639. The number of benzene rings is 1. The first-order chi connectivity index (χ1) is 12.4. The third-order valence-electron chi connectivity index (χ3n) is 3.99. The van der Waals surface area contributed by atoms with E-state index in [1.165, 1.54) is 6.08 Å². The molecule has 1 N–H and O–H groups in total. The highest BCUT2D eigenvalue weighted by atomic mass is 35.5. The van der Waals surface area contributed by atoms with Gasteiger partial charge in [-0.3, -0.25) is 4.79 Å². The predicted molar refractivity (Wildman–Crippen MR) is 97.9 cm³/mol. The zero-order valence-electron chi connectivity index (χ0n) is 13.6. The van der Waals surface area contributed by atoms with E-state index in [2.05, 4.69) is 5.32 Å². The Morgan fingerprint density at radius 1 is 1.31 bits per heavy atom. The van der Waals surface area contributed by atoms with Crippen molar-refractivity contribution in [3.8, 4) is 17.4 Å². The van der Waals surface area contributed by atoms with Crippen molar-refractivity contribution >= 4 is 33.4 Å². The number of rotatable bonds is 4. The van der Waals surface area contributed by atoms with Crippen LogP contribution in [0.5, 0.6) is 0 Å². The first kappa shape index (κ1) is 18.2. The molecule has 0 saturated carbocycles. The van der Waals surface area contributed by atoms with E-state index >= 15 is 0 Å². The van der Waals surface area contributed by atoms with E-state index in [4.69, 9.17) is 16.0 Å². The number of nitriles is 1. The predicted octanol–water partition coefficient (Wildman–Crippen LogP) is 2.81. The van der Waals surface area contributed by atoms with E-state index in [9.17, 15) is 18.5 Å². The first-order valence-electron chi connectivity index (χ1n) is 7.86. The summed E-state index contributed by atoms with van der Waals surface area (Å²) in [5, 5.41) is 12.3. The molecule has 1 fully saturated rings. The molecule has 1 aromatic heterocycles. The maximum absolute atomic E-state index is 12.2. The lowest BCUT2D eigenvalue weighted by Crippen LogP contribution is -2.36. The van der Waals surface area contributed by atoms with Gasteiger partial charge in [0.05, 0.1) is 16.5 Å². The molecule has 6 nitrogen and oxygen atoms in total. The van der Waals surface area contributed by atoms with Gasteiger partial charge in [0, 0.05) is 17.7 Å². The van der Waals surface area contributed by atoms with E-state index in [0.29, 0.717) is 28.5 Å². The molecule has 1 atom stereocenters. The number of carbonyl (C=O) groups excluding carboxylic acids is 1. The Labute approximate surface area is 156 Å². The molecule has 0 bridgehead atoms. The first-order valence-corrected chi connectivity index (χ1v) is 10.1. The van der Waals surface area contributed by atoms with Crippen LogP contribution in [0.4, 0.5) is 0 Å². The van der Waals surface area contributed by atoms with Gasteiger partial charge in [0.25, 0.3) is 5.91 Å². The highest BCUT2D eigenvalue weighted by Crippen LogP contribution is 2.29. The minimum atomic E-state index is -3.11. The molecule has 0 radical (unpaired) electrons. The van der Waals surface area contributed by atoms with Crippen LogP contribution in [-0.2, 0) is 14.6 Å². The van der Waals surface area contributed by atoms with Gasteiger partial charge in [-0.1, -0.05) is 23.7 Å². The molecule has 3 rings (SSSR count). The smallest absolute Gasteiger partial charge is 0.262 e. The molecule has 1 aromatic carbocycles. The summed E-state index contributed by atoms with van der Waals surface area (Å²) in [5.41, 5.74) is 0.544. The van der Waals surface area contributed by atoms with Crippen LogP contribution in [0.15, 0.2) is 46.4 Å². The zero-order valence-corrected chi connectivity index (χ0v) is 15.2. The number of nitrogens with one attached hydrogen (secondary N) is 1. The Morgan fingerprint density at radius 2 is 2.08 bits per heavy atom. The standard InChI is InChI=1S/C18H15ClN2O4S/c19-16-4-2-1-3-15(16)17-6-5-14(25-17)9-12(10-20)18(22)21-13-7-8-26(23,24)11-13/h1-6,9,13H,7-8,11H2,(H,21,22)/b12-9+/t13-/m1/s1. The summed E-state index contributed by atoms with van der Waals surface area (Å²) in [4.78, 5) is 12.2. The van der Waals surface area contributed by atoms with Crippen molar-refractivity contribution in [3.05, 3.63) is 52.8 Å². The monoisotopic (exact) mass is 390 g/mol. The molecule has 1 saturated heterocycles. The third kappa shape index (κ3) is 4.15. The van der Waals surface area contributed by atoms with Gasteiger partial charge >= 0.3 is 0 Å². The number of halogens is 1. The van der Waals surface area contributed by atoms with Crippen molar-refractivity contribution in [2.75, 3.05) is 11.5 Å². The van der Waals surface area contributed by atoms with Crippen LogP contribution in [0, 0.1) is 11.3 Å². The van der Waals surface area contributed by atoms with E-state index in [0.717, 1.165) is 0 Å². The zero-order chi connectivity index (χ0) is 18.7. The van der Waals surface area contributed by atoms with Gasteiger partial charge in [0.2, 0.25) is 0 Å². The van der Waals surface area contributed by atoms with Crippen molar-refractivity contribution in [1.29, 1.82) is 5.26 Å². The summed E-state index contributed by atoms with van der Waals surface area (Å²) in [6.45, 7) is 0. The van der Waals surface area contributed by atoms with Gasteiger partial charge in [-0.15, -0.1) is 0 Å². The van der Waals surface area contributed by atoms with Gasteiger partial charge in [0.15, 0.2) is 9.84 Å². The van der Waals surface area contributed by atoms with E-state index in [1.54, 1.807) is 30.3 Å². The number of nitrogens with zero attached hydrogens (tertiary/aromatic N) is 1. The molecular weight excluding hydrogens is 376 g/mol. The molecule has 8 heteroatoms. The average Bonchev–Trinajstić information content (AvgIpc) is 3.19. The summed E-state index contributed by atoms with van der Waals surface area (Å²) < 4.78 is 28.6. The van der Waals surface area contributed by atoms with E-state index in [1.807, 2.05) is 12.1 Å². The molecule has 1 aliphatic heterocycles. The largest absolute Gasteiger partial charge is 0.457 e. The van der Waals surface area contributed by atoms with Crippen LogP contribution in [0.1, 0.15) is 12.2 Å². The fraction of sp³-hybridized carbons (Fsp3) is 0.222. The Hall–Kier alpha value is -2.56. The van der Waals surface area contributed by atoms with Crippen molar-refractivity contribution in [1.82, 2.24) is 5.32 Å². The Bertz CT molecular complexity index is 1020. The molecular formula is C18H15ClN2O4S. The Kier molecular flexibility index (Phi) is 5.16. The fourth-order valence-electron chi connectivity index (χ4n) is 2.70. The second kappa shape index (κ2) is 7.36. The van der Waals surface area contributed by atoms with Gasteiger partial charge in [-0.2, -0.15) is 5.26 Å². The average molecular weight is 391 g/mol. The maximum atomic E-state index is 12.2. The van der Waals surface area contributed by atoms with Crippen molar-refractivity contribution < 1.29 is 17.6 Å². The topological polar surface area (TPSA) is 100 Å². The van der Waals surface area contributed by atoms with Crippen molar-refractivity contribution in [3.63, 3.8) is 0 Å². The van der Waals surface area contributed by atoms with Crippen LogP contribution in [-0.4, -0.2) is 31.9 Å². The van der Waals surface area contributed by atoms with Crippen LogP contribution in [0.2, 0.25) is 5.02 Å².